The topological polar surface area (TPSA) is 101 Å². The third-order valence-electron chi connectivity index (χ3n) is 5.18. The fourth-order valence-electron chi connectivity index (χ4n) is 3.39. The minimum absolute atomic E-state index is 0.288. The highest BCUT2D eigenvalue weighted by Gasteiger charge is 2.32. The number of aryl methyl sites for hydroxylation is 3. The lowest BCUT2D eigenvalue weighted by atomic mass is 10.1. The molecule has 2 aliphatic rings. The van der Waals surface area contributed by atoms with Crippen molar-refractivity contribution in [1.29, 1.82) is 0 Å². The van der Waals surface area contributed by atoms with E-state index in [-0.39, 0.29) is 6.10 Å². The van der Waals surface area contributed by atoms with E-state index in [1.807, 2.05) is 10.7 Å². The number of primary amides is 1. The molecule has 0 bridgehead atoms. The maximum Gasteiger partial charge on any atom is 0.433 e. The molecule has 5 rings (SSSR count). The summed E-state index contributed by atoms with van der Waals surface area (Å²) in [5, 5.41) is 8.37. The van der Waals surface area contributed by atoms with Crippen LogP contribution in [0.15, 0.2) is 30.5 Å². The van der Waals surface area contributed by atoms with Gasteiger partial charge in [-0.25, -0.2) is 0 Å². The van der Waals surface area contributed by atoms with Gasteiger partial charge >= 0.3 is 6.18 Å². The Balaban J connectivity index is 0.000000165. The Kier molecular flexibility index (Phi) is 5.90. The van der Waals surface area contributed by atoms with Gasteiger partial charge in [0.25, 0.3) is 5.91 Å². The van der Waals surface area contributed by atoms with Crippen molar-refractivity contribution in [3.63, 3.8) is 0 Å². The summed E-state index contributed by atoms with van der Waals surface area (Å²) in [6.45, 7) is 0.840. The van der Waals surface area contributed by atoms with E-state index in [0.717, 1.165) is 50.4 Å². The third kappa shape index (κ3) is 5.09. The van der Waals surface area contributed by atoms with E-state index in [9.17, 15) is 18.0 Å². The highest BCUT2D eigenvalue weighted by atomic mass is 19.4. The predicted octanol–water partition coefficient (Wildman–Crippen LogP) is 3.36. The zero-order chi connectivity index (χ0) is 22.9. The van der Waals surface area contributed by atoms with Crippen LogP contribution in [0, 0.1) is 0 Å². The molecule has 0 unspecified atom stereocenters. The van der Waals surface area contributed by atoms with Crippen molar-refractivity contribution >= 4 is 5.91 Å². The van der Waals surface area contributed by atoms with Crippen LogP contribution in [0.2, 0.25) is 0 Å². The second kappa shape index (κ2) is 8.64. The van der Waals surface area contributed by atoms with Gasteiger partial charge in [0.15, 0.2) is 0 Å². The van der Waals surface area contributed by atoms with Crippen LogP contribution in [0.1, 0.15) is 47.6 Å². The molecule has 32 heavy (non-hydrogen) atoms. The molecular formula is C21H23F3N6O2. The van der Waals surface area contributed by atoms with Crippen LogP contribution in [0.25, 0.3) is 11.3 Å². The lowest BCUT2D eigenvalue weighted by Crippen LogP contribution is -2.15. The molecule has 170 valence electrons. The summed E-state index contributed by atoms with van der Waals surface area (Å²) < 4.78 is 46.6. The molecule has 1 fully saturated rings. The van der Waals surface area contributed by atoms with Crippen LogP contribution < -0.4 is 10.5 Å². The van der Waals surface area contributed by atoms with E-state index < -0.39 is 17.8 Å². The standard InChI is InChI=1S/C13H12F3N3.C8H11N3O2/c14-13(15,16)12-7-9(4-5-17-12)11-8-10-3-1-2-6-19(10)18-11;1-11-6(8(9)12)4-7(10-11)13-5-2-3-5/h4-5,7-8H,1-3,6H2;4-5H,2-3H2,1H3,(H2,9,12). The SMILES string of the molecule is Cn1nc(OC2CC2)cc1C(N)=O.FC(F)(F)c1cc(-c2cc3n(n2)CCCC3)ccn1. The number of nitrogens with two attached hydrogens (primary N) is 1. The number of rotatable bonds is 4. The quantitative estimate of drug-likeness (QED) is 0.660. The van der Waals surface area contributed by atoms with Gasteiger partial charge in [0.05, 0.1) is 5.69 Å². The minimum atomic E-state index is -4.42. The van der Waals surface area contributed by atoms with Crippen LogP contribution in [0.4, 0.5) is 13.2 Å². The Hall–Kier alpha value is -3.37. The first-order valence-corrected chi connectivity index (χ1v) is 10.3. The molecule has 0 atom stereocenters. The summed E-state index contributed by atoms with van der Waals surface area (Å²) in [5.41, 5.74) is 6.75. The summed E-state index contributed by atoms with van der Waals surface area (Å²) in [4.78, 5) is 14.2. The molecule has 0 spiro atoms. The zero-order valence-corrected chi connectivity index (χ0v) is 17.5. The molecule has 1 aliphatic carbocycles. The number of hydrogen-bond acceptors (Lipinski definition) is 5. The second-order valence-corrected chi connectivity index (χ2v) is 7.80. The Labute approximate surface area is 182 Å². The highest BCUT2D eigenvalue weighted by Crippen LogP contribution is 2.31. The minimum Gasteiger partial charge on any atom is -0.473 e. The molecule has 0 saturated heterocycles. The number of ether oxygens (including phenoxy) is 1. The van der Waals surface area contributed by atoms with Gasteiger partial charge in [-0.1, -0.05) is 0 Å². The highest BCUT2D eigenvalue weighted by molar-refractivity contribution is 5.91. The average Bonchev–Trinajstić information content (AvgIpc) is 3.32. The number of carbonyl (C=O) groups is 1. The van der Waals surface area contributed by atoms with Crippen LogP contribution in [0.5, 0.6) is 5.88 Å². The number of pyridine rings is 1. The van der Waals surface area contributed by atoms with Gasteiger partial charge in [0.2, 0.25) is 5.88 Å². The fourth-order valence-corrected chi connectivity index (χ4v) is 3.39. The second-order valence-electron chi connectivity index (χ2n) is 7.80. The number of amides is 1. The van der Waals surface area contributed by atoms with Gasteiger partial charge in [-0.3, -0.25) is 19.1 Å². The molecule has 3 aromatic rings. The number of hydrogen-bond donors (Lipinski definition) is 1. The predicted molar refractivity (Wildman–Crippen MR) is 109 cm³/mol. The molecule has 0 aromatic carbocycles. The van der Waals surface area contributed by atoms with Gasteiger partial charge in [0.1, 0.15) is 17.5 Å². The maximum absolute atomic E-state index is 12.6. The van der Waals surface area contributed by atoms with Gasteiger partial charge in [-0.2, -0.15) is 18.3 Å². The van der Waals surface area contributed by atoms with Gasteiger partial charge in [0, 0.05) is 37.1 Å². The Morgan fingerprint density at radius 2 is 1.97 bits per heavy atom. The molecule has 4 heterocycles. The van der Waals surface area contributed by atoms with Crippen LogP contribution in [-0.2, 0) is 26.2 Å². The normalized spacial score (nSPS) is 15.5. The number of alkyl halides is 3. The third-order valence-corrected chi connectivity index (χ3v) is 5.18. The van der Waals surface area contributed by atoms with Gasteiger partial charge < -0.3 is 10.5 Å². The Bertz CT molecular complexity index is 1090. The molecule has 8 nitrogen and oxygen atoms in total. The number of halogens is 3. The number of aromatic nitrogens is 5. The van der Waals surface area contributed by atoms with Crippen molar-refractivity contribution in [2.45, 2.75) is 50.9 Å². The average molecular weight is 448 g/mol. The number of carbonyl (C=O) groups excluding carboxylic acids is 1. The Morgan fingerprint density at radius 1 is 1.19 bits per heavy atom. The van der Waals surface area contributed by atoms with E-state index in [1.165, 1.54) is 10.9 Å². The molecular weight excluding hydrogens is 425 g/mol. The first kappa shape index (κ1) is 21.8. The summed E-state index contributed by atoms with van der Waals surface area (Å²) in [5.74, 6) is -0.000512. The van der Waals surface area contributed by atoms with Crippen LogP contribution in [0.3, 0.4) is 0 Å². The van der Waals surface area contributed by atoms with E-state index in [1.54, 1.807) is 19.2 Å². The molecule has 0 radical (unpaired) electrons. The lowest BCUT2D eigenvalue weighted by Gasteiger charge is -2.11. The van der Waals surface area contributed by atoms with Crippen LogP contribution in [-0.4, -0.2) is 36.6 Å². The van der Waals surface area contributed by atoms with Crippen molar-refractivity contribution in [3.05, 3.63) is 47.5 Å². The van der Waals surface area contributed by atoms with Gasteiger partial charge in [-0.05, 0) is 50.3 Å². The molecule has 1 saturated carbocycles. The van der Waals surface area contributed by atoms with Crippen molar-refractivity contribution in [3.8, 4) is 17.1 Å². The van der Waals surface area contributed by atoms with Crippen molar-refractivity contribution in [2.24, 2.45) is 12.8 Å². The van der Waals surface area contributed by atoms with Crippen molar-refractivity contribution < 1.29 is 22.7 Å². The first-order chi connectivity index (χ1) is 15.2. The van der Waals surface area contributed by atoms with E-state index in [4.69, 9.17) is 10.5 Å². The summed E-state index contributed by atoms with van der Waals surface area (Å²) in [6.07, 6.45) is 2.30. The van der Waals surface area contributed by atoms with E-state index in [2.05, 4.69) is 15.2 Å². The van der Waals surface area contributed by atoms with Crippen LogP contribution >= 0.6 is 0 Å². The van der Waals surface area contributed by atoms with E-state index in [0.29, 0.717) is 22.8 Å². The van der Waals surface area contributed by atoms with E-state index >= 15 is 0 Å². The van der Waals surface area contributed by atoms with Crippen molar-refractivity contribution in [1.82, 2.24) is 24.5 Å². The monoisotopic (exact) mass is 448 g/mol. The summed E-state index contributed by atoms with van der Waals surface area (Å²) >= 11 is 0. The zero-order valence-electron chi connectivity index (χ0n) is 17.5. The number of fused-ring (bicyclic) bond motifs is 1. The van der Waals surface area contributed by atoms with Crippen molar-refractivity contribution in [2.75, 3.05) is 0 Å². The largest absolute Gasteiger partial charge is 0.473 e. The molecule has 11 heteroatoms. The maximum atomic E-state index is 12.6. The first-order valence-electron chi connectivity index (χ1n) is 10.3. The molecule has 3 aromatic heterocycles. The molecule has 1 aliphatic heterocycles. The Morgan fingerprint density at radius 3 is 2.59 bits per heavy atom. The number of nitrogens with zero attached hydrogens (tertiary/aromatic N) is 5. The summed E-state index contributed by atoms with van der Waals surface area (Å²) in [7, 11) is 1.67. The molecule has 2 N–H and O–H groups in total. The van der Waals surface area contributed by atoms with Gasteiger partial charge in [-0.15, -0.1) is 5.10 Å². The molecule has 1 amide bonds. The smallest absolute Gasteiger partial charge is 0.433 e. The fraction of sp³-hybridized carbons (Fsp3) is 0.429. The lowest BCUT2D eigenvalue weighted by molar-refractivity contribution is -0.141. The summed E-state index contributed by atoms with van der Waals surface area (Å²) in [6, 6.07) is 6.05.